The van der Waals surface area contributed by atoms with Gasteiger partial charge in [0.1, 0.15) is 0 Å². The van der Waals surface area contributed by atoms with Crippen molar-refractivity contribution in [2.45, 2.75) is 46.0 Å². The van der Waals surface area contributed by atoms with Crippen molar-refractivity contribution in [2.24, 2.45) is 10.9 Å². The summed E-state index contributed by atoms with van der Waals surface area (Å²) in [6.45, 7) is 5.03. The predicted molar refractivity (Wildman–Crippen MR) is 67.7 cm³/mol. The quantitative estimate of drug-likeness (QED) is 0.538. The molecule has 0 rings (SSSR count). The summed E-state index contributed by atoms with van der Waals surface area (Å²) in [5.41, 5.74) is 0. The SMILES string of the molecule is CCCCC(CCC)CN=C=O.N=C=O.N=C=O. The Morgan fingerprint density at radius 2 is 1.50 bits per heavy atom. The molecular formula is C12H21N3O3. The van der Waals surface area contributed by atoms with E-state index < -0.39 is 0 Å². The van der Waals surface area contributed by atoms with Gasteiger partial charge in [-0.25, -0.2) is 30.2 Å². The number of isocyanates is 3. The van der Waals surface area contributed by atoms with E-state index in [2.05, 4.69) is 18.8 Å². The van der Waals surface area contributed by atoms with Crippen LogP contribution in [-0.2, 0) is 14.4 Å². The fourth-order valence-electron chi connectivity index (χ4n) is 1.39. The average molecular weight is 255 g/mol. The van der Waals surface area contributed by atoms with Crippen molar-refractivity contribution in [3.05, 3.63) is 0 Å². The Balaban J connectivity index is -0.000000315. The summed E-state index contributed by atoms with van der Waals surface area (Å²) in [7, 11) is 0. The molecule has 0 heterocycles. The van der Waals surface area contributed by atoms with Crippen LogP contribution in [0.1, 0.15) is 46.0 Å². The molecule has 2 N–H and O–H groups in total. The molecule has 0 aromatic rings. The summed E-state index contributed by atoms with van der Waals surface area (Å²) in [5.74, 6) is 0.608. The first-order chi connectivity index (χ1) is 8.67. The van der Waals surface area contributed by atoms with Gasteiger partial charge in [-0.3, -0.25) is 0 Å². The number of unbranched alkanes of at least 4 members (excludes halogenated alkanes) is 1. The number of rotatable bonds is 7. The van der Waals surface area contributed by atoms with Crippen molar-refractivity contribution >= 4 is 18.2 Å². The molecule has 18 heavy (non-hydrogen) atoms. The largest absolute Gasteiger partial charge is 0.234 e. The normalized spacial score (nSPS) is 9.00. The molecular weight excluding hydrogens is 234 g/mol. The molecule has 0 radical (unpaired) electrons. The number of nitrogens with one attached hydrogen (secondary N) is 2. The first-order valence-electron chi connectivity index (χ1n) is 5.79. The fraction of sp³-hybridized carbons (Fsp3) is 0.750. The average Bonchev–Trinajstić information content (AvgIpc) is 2.35. The van der Waals surface area contributed by atoms with E-state index in [0.29, 0.717) is 12.5 Å². The lowest BCUT2D eigenvalue weighted by atomic mass is 9.97. The molecule has 6 nitrogen and oxygen atoms in total. The van der Waals surface area contributed by atoms with Gasteiger partial charge >= 0.3 is 0 Å². The third-order valence-electron chi connectivity index (χ3n) is 2.08. The van der Waals surface area contributed by atoms with Crippen LogP contribution in [0.15, 0.2) is 4.99 Å². The Hall–Kier alpha value is -1.86. The first kappa shape index (κ1) is 21.4. The van der Waals surface area contributed by atoms with Gasteiger partial charge < -0.3 is 0 Å². The summed E-state index contributed by atoms with van der Waals surface area (Å²) < 4.78 is 0. The smallest absolute Gasteiger partial charge is 0.222 e. The van der Waals surface area contributed by atoms with Crippen molar-refractivity contribution in [3.63, 3.8) is 0 Å². The maximum Gasteiger partial charge on any atom is 0.234 e. The molecule has 1 atom stereocenters. The Labute approximate surface area is 108 Å². The zero-order chi connectivity index (χ0) is 14.6. The van der Waals surface area contributed by atoms with Gasteiger partial charge in [0.15, 0.2) is 0 Å². The van der Waals surface area contributed by atoms with E-state index in [-0.39, 0.29) is 0 Å². The van der Waals surface area contributed by atoms with Gasteiger partial charge in [-0.05, 0) is 18.8 Å². The monoisotopic (exact) mass is 255 g/mol. The van der Waals surface area contributed by atoms with Crippen LogP contribution in [0.4, 0.5) is 0 Å². The topological polar surface area (TPSA) is 111 Å². The second kappa shape index (κ2) is 24.4. The molecule has 1 unspecified atom stereocenters. The molecule has 0 saturated carbocycles. The number of carbonyl (C=O) groups excluding carboxylic acids is 3. The molecule has 6 heteroatoms. The lowest BCUT2D eigenvalue weighted by Crippen LogP contribution is -2.04. The molecule has 0 aliphatic rings. The highest BCUT2D eigenvalue weighted by Crippen LogP contribution is 2.14. The minimum atomic E-state index is 0.608. The van der Waals surface area contributed by atoms with E-state index in [9.17, 15) is 4.79 Å². The van der Waals surface area contributed by atoms with Gasteiger partial charge in [0, 0.05) is 0 Å². The summed E-state index contributed by atoms with van der Waals surface area (Å²) >= 11 is 0. The highest BCUT2D eigenvalue weighted by molar-refractivity contribution is 5.32. The van der Waals surface area contributed by atoms with Crippen LogP contribution in [-0.4, -0.2) is 24.8 Å². The van der Waals surface area contributed by atoms with E-state index in [1.54, 1.807) is 6.08 Å². The zero-order valence-electron chi connectivity index (χ0n) is 11.0. The zero-order valence-corrected chi connectivity index (χ0v) is 11.0. The van der Waals surface area contributed by atoms with Crippen LogP contribution < -0.4 is 0 Å². The van der Waals surface area contributed by atoms with Crippen LogP contribution >= 0.6 is 0 Å². The number of hydrogen-bond donors (Lipinski definition) is 2. The molecule has 0 aliphatic carbocycles. The lowest BCUT2D eigenvalue weighted by molar-refractivity contribution is 0.438. The molecule has 0 aliphatic heterocycles. The van der Waals surface area contributed by atoms with Crippen molar-refractivity contribution < 1.29 is 14.4 Å². The van der Waals surface area contributed by atoms with Crippen molar-refractivity contribution in [3.8, 4) is 0 Å². The maximum absolute atomic E-state index is 9.90. The summed E-state index contributed by atoms with van der Waals surface area (Å²) in [5, 5.41) is 10.8. The Kier molecular flexibility index (Phi) is 29.0. The number of aliphatic imine (C=N–C) groups is 1. The second-order valence-corrected chi connectivity index (χ2v) is 3.43. The first-order valence-corrected chi connectivity index (χ1v) is 5.79. The van der Waals surface area contributed by atoms with Gasteiger partial charge in [-0.2, -0.15) is 0 Å². The van der Waals surface area contributed by atoms with E-state index in [4.69, 9.17) is 20.4 Å². The van der Waals surface area contributed by atoms with Crippen LogP contribution in [0.25, 0.3) is 0 Å². The molecule has 102 valence electrons. The van der Waals surface area contributed by atoms with E-state index >= 15 is 0 Å². The van der Waals surface area contributed by atoms with E-state index in [0.717, 1.165) is 12.2 Å². The summed E-state index contributed by atoms with van der Waals surface area (Å²) in [4.78, 5) is 30.2. The summed E-state index contributed by atoms with van der Waals surface area (Å²) in [6.07, 6.45) is 9.16. The van der Waals surface area contributed by atoms with Gasteiger partial charge in [0.05, 0.1) is 6.54 Å². The van der Waals surface area contributed by atoms with Crippen LogP contribution in [0.2, 0.25) is 0 Å². The van der Waals surface area contributed by atoms with Gasteiger partial charge in [0.25, 0.3) is 0 Å². The van der Waals surface area contributed by atoms with Crippen LogP contribution in [0.3, 0.4) is 0 Å². The second-order valence-electron chi connectivity index (χ2n) is 3.43. The Bertz CT molecular complexity index is 262. The Morgan fingerprint density at radius 3 is 1.83 bits per heavy atom. The molecule has 0 amide bonds. The standard InChI is InChI=1S/C10H19NO.2CHNO/c1-3-5-7-10(6-4-2)8-11-9-12;2*2-1-3/h10H,3-8H2,1-2H3;2*2H. The van der Waals surface area contributed by atoms with E-state index in [1.807, 2.05) is 0 Å². The van der Waals surface area contributed by atoms with Gasteiger partial charge in [-0.1, -0.05) is 33.1 Å². The van der Waals surface area contributed by atoms with Crippen molar-refractivity contribution in [1.82, 2.24) is 0 Å². The fourth-order valence-corrected chi connectivity index (χ4v) is 1.39. The van der Waals surface area contributed by atoms with Gasteiger partial charge in [-0.15, -0.1) is 0 Å². The number of hydrogen-bond acceptors (Lipinski definition) is 6. The summed E-state index contributed by atoms with van der Waals surface area (Å²) in [6, 6.07) is 0. The molecule has 0 saturated heterocycles. The maximum atomic E-state index is 9.90. The minimum absolute atomic E-state index is 0.608. The molecule has 0 bridgehead atoms. The van der Waals surface area contributed by atoms with Crippen molar-refractivity contribution in [1.29, 1.82) is 10.8 Å². The molecule has 0 fully saturated rings. The van der Waals surface area contributed by atoms with Gasteiger partial charge in [0.2, 0.25) is 18.2 Å². The highest BCUT2D eigenvalue weighted by atomic mass is 16.1. The molecule has 0 spiro atoms. The lowest BCUT2D eigenvalue weighted by Gasteiger charge is -2.11. The minimum Gasteiger partial charge on any atom is -0.222 e. The van der Waals surface area contributed by atoms with Crippen LogP contribution in [0.5, 0.6) is 0 Å². The molecule has 0 aromatic carbocycles. The highest BCUT2D eigenvalue weighted by Gasteiger charge is 2.05. The number of nitrogens with zero attached hydrogens (tertiary/aromatic N) is 1. The third-order valence-corrected chi connectivity index (χ3v) is 2.08. The Morgan fingerprint density at radius 1 is 1.00 bits per heavy atom. The third kappa shape index (κ3) is 29.2. The van der Waals surface area contributed by atoms with Crippen LogP contribution in [0, 0.1) is 16.7 Å². The predicted octanol–water partition coefficient (Wildman–Crippen LogP) is 2.73. The van der Waals surface area contributed by atoms with Crippen molar-refractivity contribution in [2.75, 3.05) is 6.54 Å². The molecule has 0 aromatic heterocycles. The van der Waals surface area contributed by atoms with E-state index in [1.165, 1.54) is 32.1 Å².